The minimum atomic E-state index is -0.797. The predicted octanol–water partition coefficient (Wildman–Crippen LogP) is 1.32. The molecule has 3 aliphatic heterocycles. The van der Waals surface area contributed by atoms with Gasteiger partial charge in [0.2, 0.25) is 11.8 Å². The fraction of sp³-hybridized carbons (Fsp3) is 0.913. The molecule has 8 unspecified atom stereocenters. The van der Waals surface area contributed by atoms with Gasteiger partial charge in [0.05, 0.1) is 25.3 Å². The number of rotatable bonds is 4. The Balaban J connectivity index is 1.30. The number of carbonyl (C=O) groups excluding carboxylic acids is 2. The zero-order valence-corrected chi connectivity index (χ0v) is 19.2. The quantitative estimate of drug-likeness (QED) is 0.693. The minimum absolute atomic E-state index is 0.0177. The van der Waals surface area contributed by atoms with Crippen molar-refractivity contribution in [1.29, 1.82) is 0 Å². The average molecular weight is 439 g/mol. The number of likely N-dealkylation sites (N-methyl/N-ethyl adjacent to an activating group) is 1. The number of piperidine rings is 1. The first-order valence-corrected chi connectivity index (χ1v) is 12.1. The number of nitrogens with zero attached hydrogens (tertiary/aromatic N) is 2. The summed E-state index contributed by atoms with van der Waals surface area (Å²) in [5.41, 5.74) is 0. The molecule has 31 heavy (non-hydrogen) atoms. The summed E-state index contributed by atoms with van der Waals surface area (Å²) in [6, 6.07) is 0.260. The van der Waals surface area contributed by atoms with Crippen molar-refractivity contribution in [1.82, 2.24) is 20.4 Å². The number of ether oxygens (including phenoxy) is 1. The van der Waals surface area contributed by atoms with Gasteiger partial charge in [0.15, 0.2) is 0 Å². The number of amides is 2. The number of alkyl halides is 1. The highest BCUT2D eigenvalue weighted by atomic mass is 19.1. The lowest BCUT2D eigenvalue weighted by Gasteiger charge is -2.43. The van der Waals surface area contributed by atoms with E-state index in [1.807, 2.05) is 11.9 Å². The highest BCUT2D eigenvalue weighted by Crippen LogP contribution is 2.38. The third kappa shape index (κ3) is 5.06. The van der Waals surface area contributed by atoms with E-state index in [0.29, 0.717) is 32.0 Å². The summed E-state index contributed by atoms with van der Waals surface area (Å²) >= 11 is 0. The van der Waals surface area contributed by atoms with Gasteiger partial charge in [-0.2, -0.15) is 0 Å². The molecule has 8 atom stereocenters. The van der Waals surface area contributed by atoms with Gasteiger partial charge < -0.3 is 20.3 Å². The highest BCUT2D eigenvalue weighted by molar-refractivity contribution is 5.82. The number of carbonyl (C=O) groups is 2. The Labute approximate surface area is 185 Å². The van der Waals surface area contributed by atoms with Crippen LogP contribution in [0, 0.1) is 11.8 Å². The van der Waals surface area contributed by atoms with Gasteiger partial charge in [0, 0.05) is 44.6 Å². The molecule has 0 aromatic heterocycles. The zero-order chi connectivity index (χ0) is 22.1. The van der Waals surface area contributed by atoms with Gasteiger partial charge in [-0.25, -0.2) is 4.39 Å². The summed E-state index contributed by atoms with van der Waals surface area (Å²) in [7, 11) is 1.88. The van der Waals surface area contributed by atoms with Gasteiger partial charge in [-0.3, -0.25) is 14.5 Å². The lowest BCUT2D eigenvalue weighted by molar-refractivity contribution is -0.131. The molecule has 0 aromatic rings. The molecule has 4 aliphatic rings. The van der Waals surface area contributed by atoms with E-state index in [-0.39, 0.29) is 47.9 Å². The van der Waals surface area contributed by atoms with Crippen molar-refractivity contribution in [2.75, 3.05) is 33.4 Å². The first-order valence-electron chi connectivity index (χ1n) is 12.1. The number of halogens is 1. The molecule has 1 saturated carbocycles. The first-order chi connectivity index (χ1) is 14.8. The van der Waals surface area contributed by atoms with Crippen molar-refractivity contribution < 1.29 is 18.7 Å². The molecule has 0 spiro atoms. The Bertz CT molecular complexity index is 647. The van der Waals surface area contributed by atoms with Crippen LogP contribution in [0.4, 0.5) is 4.39 Å². The van der Waals surface area contributed by atoms with Crippen LogP contribution in [0.2, 0.25) is 0 Å². The monoisotopic (exact) mass is 438 g/mol. The number of likely N-dealkylation sites (tertiary alicyclic amines) is 1. The summed E-state index contributed by atoms with van der Waals surface area (Å²) in [5, 5.41) is 6.61. The molecule has 2 amide bonds. The Morgan fingerprint density at radius 2 is 2.00 bits per heavy atom. The second kappa shape index (κ2) is 9.71. The maximum absolute atomic E-state index is 14.4. The molecular weight excluding hydrogens is 399 g/mol. The molecule has 8 heteroatoms. The van der Waals surface area contributed by atoms with Crippen LogP contribution < -0.4 is 10.6 Å². The van der Waals surface area contributed by atoms with Crippen molar-refractivity contribution in [2.45, 2.75) is 88.8 Å². The zero-order valence-electron chi connectivity index (χ0n) is 19.2. The van der Waals surface area contributed by atoms with Gasteiger partial charge in [-0.1, -0.05) is 6.92 Å². The second-order valence-corrected chi connectivity index (χ2v) is 10.3. The topological polar surface area (TPSA) is 73.9 Å². The molecule has 4 fully saturated rings. The average Bonchev–Trinajstić information content (AvgIpc) is 3.23. The number of hydrogen-bond donors (Lipinski definition) is 2. The molecule has 0 aromatic carbocycles. The smallest absolute Gasteiger partial charge is 0.237 e. The number of nitrogens with one attached hydrogen (secondary N) is 2. The van der Waals surface area contributed by atoms with E-state index >= 15 is 0 Å². The maximum atomic E-state index is 14.4. The van der Waals surface area contributed by atoms with E-state index in [2.05, 4.69) is 22.5 Å². The lowest BCUT2D eigenvalue weighted by Crippen LogP contribution is -2.57. The Kier molecular flexibility index (Phi) is 7.18. The molecule has 1 aliphatic carbocycles. The second-order valence-electron chi connectivity index (χ2n) is 10.3. The van der Waals surface area contributed by atoms with E-state index < -0.39 is 6.17 Å². The van der Waals surface area contributed by atoms with Crippen LogP contribution in [0.15, 0.2) is 0 Å². The Morgan fingerprint density at radius 3 is 2.74 bits per heavy atom. The Morgan fingerprint density at radius 1 is 1.19 bits per heavy atom. The van der Waals surface area contributed by atoms with Crippen LogP contribution >= 0.6 is 0 Å². The van der Waals surface area contributed by atoms with Gasteiger partial charge in [-0.05, 0) is 51.0 Å². The Hall–Kier alpha value is -1.25. The summed E-state index contributed by atoms with van der Waals surface area (Å²) in [5.74, 6) is 0.456. The molecule has 7 nitrogen and oxygen atoms in total. The molecule has 4 rings (SSSR count). The third-order valence-corrected chi connectivity index (χ3v) is 8.18. The minimum Gasteiger partial charge on any atom is -0.378 e. The van der Waals surface area contributed by atoms with Crippen molar-refractivity contribution in [3.05, 3.63) is 0 Å². The normalized spacial score (nSPS) is 41.4. The first kappa shape index (κ1) is 22.9. The van der Waals surface area contributed by atoms with Crippen LogP contribution in [0.3, 0.4) is 0 Å². The highest BCUT2D eigenvalue weighted by Gasteiger charge is 2.46. The molecule has 3 heterocycles. The van der Waals surface area contributed by atoms with Crippen molar-refractivity contribution in [3.8, 4) is 0 Å². The summed E-state index contributed by atoms with van der Waals surface area (Å²) in [6.45, 7) is 6.82. The predicted molar refractivity (Wildman–Crippen MR) is 116 cm³/mol. The summed E-state index contributed by atoms with van der Waals surface area (Å²) in [4.78, 5) is 29.0. The molecular formula is C23H39FN4O3. The molecule has 2 N–H and O–H groups in total. The van der Waals surface area contributed by atoms with E-state index in [9.17, 15) is 14.0 Å². The van der Waals surface area contributed by atoms with Crippen molar-refractivity contribution >= 4 is 11.8 Å². The van der Waals surface area contributed by atoms with Gasteiger partial charge >= 0.3 is 0 Å². The van der Waals surface area contributed by atoms with Crippen molar-refractivity contribution in [2.24, 2.45) is 11.8 Å². The van der Waals surface area contributed by atoms with E-state index in [0.717, 1.165) is 38.8 Å². The van der Waals surface area contributed by atoms with E-state index in [1.165, 1.54) is 0 Å². The number of hydrogen-bond acceptors (Lipinski definition) is 5. The van der Waals surface area contributed by atoms with Crippen LogP contribution in [0.25, 0.3) is 0 Å². The standard InChI is InChI=1S/C23H39FN4O3/c1-14-6-7-20(24)19-10-21(26-22(14)19)23(30)25-16-9-18(13-31-12-16)28-8-4-5-17(11-28)27(3)15(2)29/h14,16-22,26H,4-13H2,1-3H3,(H,25,30). The molecule has 3 saturated heterocycles. The summed E-state index contributed by atoms with van der Waals surface area (Å²) in [6.07, 6.45) is 4.24. The van der Waals surface area contributed by atoms with Gasteiger partial charge in [-0.15, -0.1) is 0 Å². The largest absolute Gasteiger partial charge is 0.378 e. The van der Waals surface area contributed by atoms with Crippen LogP contribution in [-0.2, 0) is 14.3 Å². The van der Waals surface area contributed by atoms with E-state index in [1.54, 1.807) is 6.92 Å². The number of fused-ring (bicyclic) bond motifs is 1. The molecule has 0 bridgehead atoms. The van der Waals surface area contributed by atoms with E-state index in [4.69, 9.17) is 4.74 Å². The fourth-order valence-electron chi connectivity index (χ4n) is 6.16. The van der Waals surface area contributed by atoms with Gasteiger partial charge in [0.25, 0.3) is 0 Å². The molecule has 176 valence electrons. The maximum Gasteiger partial charge on any atom is 0.237 e. The molecule has 0 radical (unpaired) electrons. The van der Waals surface area contributed by atoms with Crippen LogP contribution in [0.1, 0.15) is 52.4 Å². The summed E-state index contributed by atoms with van der Waals surface area (Å²) < 4.78 is 20.2. The van der Waals surface area contributed by atoms with Crippen molar-refractivity contribution in [3.63, 3.8) is 0 Å². The lowest BCUT2D eigenvalue weighted by atomic mass is 9.77. The van der Waals surface area contributed by atoms with Gasteiger partial charge in [0.1, 0.15) is 6.17 Å². The van der Waals surface area contributed by atoms with Crippen LogP contribution in [-0.4, -0.2) is 91.3 Å². The SMILES string of the molecule is CC(=O)N(C)C1CCCN(C2COCC(NC(=O)C3CC4C(F)CCC(C)C4N3)C2)C1. The fourth-order valence-corrected chi connectivity index (χ4v) is 6.16. The third-order valence-electron chi connectivity index (χ3n) is 8.18. The van der Waals surface area contributed by atoms with Crippen LogP contribution in [0.5, 0.6) is 0 Å².